The number of benzene rings is 1. The number of amides is 1. The minimum absolute atomic E-state index is 0.0531. The minimum Gasteiger partial charge on any atom is -0.351 e. The molecule has 0 saturated heterocycles. The van der Waals surface area contributed by atoms with Crippen LogP contribution in [0.2, 0.25) is 10.3 Å². The van der Waals surface area contributed by atoms with Crippen LogP contribution in [0.1, 0.15) is 29.8 Å². The van der Waals surface area contributed by atoms with E-state index in [1.807, 2.05) is 12.1 Å². The normalized spacial score (nSPS) is 16.3. The molecule has 4 nitrogen and oxygen atoms in total. The third kappa shape index (κ3) is 2.49. The highest BCUT2D eigenvalue weighted by Gasteiger charge is 2.31. The summed E-state index contributed by atoms with van der Waals surface area (Å²) in [6.45, 7) is 4.77. The lowest BCUT2D eigenvalue weighted by Gasteiger charge is -2.32. The standard InChI is InChI=1S/C15H13Cl2N3O/c1-15(2)7-19-13(21)9-4-3-8(5-10(9)15)12-11(16)6-18-14(17)20-12/h3-6H,7H2,1-2H3,(H,19,21). The van der Waals surface area contributed by atoms with Gasteiger partial charge in [-0.25, -0.2) is 9.97 Å². The van der Waals surface area contributed by atoms with E-state index in [2.05, 4.69) is 29.1 Å². The Kier molecular flexibility index (Phi) is 3.38. The molecular formula is C15H13Cl2N3O. The summed E-state index contributed by atoms with van der Waals surface area (Å²) < 4.78 is 0. The lowest BCUT2D eigenvalue weighted by atomic mass is 9.78. The molecule has 1 amide bonds. The summed E-state index contributed by atoms with van der Waals surface area (Å²) in [6.07, 6.45) is 1.48. The van der Waals surface area contributed by atoms with E-state index >= 15 is 0 Å². The SMILES string of the molecule is CC1(C)CNC(=O)c2ccc(-c3nc(Cl)ncc3Cl)cc21. The van der Waals surface area contributed by atoms with Crippen LogP contribution in [-0.4, -0.2) is 22.4 Å². The van der Waals surface area contributed by atoms with Crippen molar-refractivity contribution in [2.45, 2.75) is 19.3 Å². The maximum atomic E-state index is 12.0. The molecule has 2 aromatic rings. The molecule has 1 N–H and O–H groups in total. The lowest BCUT2D eigenvalue weighted by molar-refractivity contribution is 0.0930. The number of carbonyl (C=O) groups excluding carboxylic acids is 1. The Labute approximate surface area is 132 Å². The zero-order valence-corrected chi connectivity index (χ0v) is 13.1. The Balaban J connectivity index is 2.19. The van der Waals surface area contributed by atoms with Crippen LogP contribution in [0.3, 0.4) is 0 Å². The summed E-state index contributed by atoms with van der Waals surface area (Å²) in [7, 11) is 0. The van der Waals surface area contributed by atoms with E-state index in [1.165, 1.54) is 6.20 Å². The Hall–Kier alpha value is -1.65. The maximum absolute atomic E-state index is 12.0. The molecule has 0 fully saturated rings. The molecule has 0 radical (unpaired) electrons. The first-order valence-corrected chi connectivity index (χ1v) is 7.25. The number of nitrogens with zero attached hydrogens (tertiary/aromatic N) is 2. The highest BCUT2D eigenvalue weighted by atomic mass is 35.5. The number of hydrogen-bond donors (Lipinski definition) is 1. The summed E-state index contributed by atoms with van der Waals surface area (Å²) in [4.78, 5) is 20.0. The first kappa shape index (κ1) is 14.3. The van der Waals surface area contributed by atoms with Crippen molar-refractivity contribution in [3.05, 3.63) is 45.8 Å². The van der Waals surface area contributed by atoms with Crippen LogP contribution in [0.25, 0.3) is 11.3 Å². The monoisotopic (exact) mass is 321 g/mol. The van der Waals surface area contributed by atoms with Crippen LogP contribution < -0.4 is 5.32 Å². The van der Waals surface area contributed by atoms with Gasteiger partial charge < -0.3 is 5.32 Å². The van der Waals surface area contributed by atoms with Crippen LogP contribution >= 0.6 is 23.2 Å². The number of halogens is 2. The van der Waals surface area contributed by atoms with Crippen molar-refractivity contribution < 1.29 is 4.79 Å². The summed E-state index contributed by atoms with van der Waals surface area (Å²) in [5, 5.41) is 3.47. The number of rotatable bonds is 1. The molecule has 0 unspecified atom stereocenters. The molecule has 3 rings (SSSR count). The van der Waals surface area contributed by atoms with Crippen molar-refractivity contribution >= 4 is 29.1 Å². The van der Waals surface area contributed by atoms with Gasteiger partial charge in [0.05, 0.1) is 16.9 Å². The van der Waals surface area contributed by atoms with Gasteiger partial charge in [0.2, 0.25) is 5.28 Å². The summed E-state index contributed by atoms with van der Waals surface area (Å²) in [5.74, 6) is -0.0531. The first-order valence-electron chi connectivity index (χ1n) is 6.49. The van der Waals surface area contributed by atoms with Crippen LogP contribution in [0.5, 0.6) is 0 Å². The molecule has 2 heterocycles. The van der Waals surface area contributed by atoms with Crippen LogP contribution in [0, 0.1) is 0 Å². The topological polar surface area (TPSA) is 54.9 Å². The van der Waals surface area contributed by atoms with Gasteiger partial charge in [0.25, 0.3) is 5.91 Å². The lowest BCUT2D eigenvalue weighted by Crippen LogP contribution is -2.43. The third-order valence-corrected chi connectivity index (χ3v) is 4.13. The predicted molar refractivity (Wildman–Crippen MR) is 82.8 cm³/mol. The first-order chi connectivity index (χ1) is 9.88. The summed E-state index contributed by atoms with van der Waals surface area (Å²) >= 11 is 12.0. The molecule has 1 aromatic heterocycles. The maximum Gasteiger partial charge on any atom is 0.251 e. The zero-order chi connectivity index (χ0) is 15.2. The minimum atomic E-state index is -0.150. The fourth-order valence-electron chi connectivity index (χ4n) is 2.49. The Morgan fingerprint density at radius 2 is 2.05 bits per heavy atom. The Morgan fingerprint density at radius 3 is 2.81 bits per heavy atom. The molecule has 0 spiro atoms. The van der Waals surface area contributed by atoms with Crippen molar-refractivity contribution in [3.63, 3.8) is 0 Å². The van der Waals surface area contributed by atoms with E-state index in [0.717, 1.165) is 11.1 Å². The highest BCUT2D eigenvalue weighted by molar-refractivity contribution is 6.33. The summed E-state index contributed by atoms with van der Waals surface area (Å²) in [5.41, 5.74) is 2.91. The highest BCUT2D eigenvalue weighted by Crippen LogP contribution is 2.34. The van der Waals surface area contributed by atoms with Crippen LogP contribution in [0.4, 0.5) is 0 Å². The van der Waals surface area contributed by atoms with E-state index < -0.39 is 0 Å². The van der Waals surface area contributed by atoms with E-state index in [-0.39, 0.29) is 16.6 Å². The van der Waals surface area contributed by atoms with E-state index in [1.54, 1.807) is 6.07 Å². The Bertz CT molecular complexity index is 744. The van der Waals surface area contributed by atoms with Crippen molar-refractivity contribution in [3.8, 4) is 11.3 Å². The molecule has 0 saturated carbocycles. The fourth-order valence-corrected chi connectivity index (χ4v) is 2.82. The number of fused-ring (bicyclic) bond motifs is 1. The second-order valence-corrected chi connectivity index (χ2v) is 6.41. The van der Waals surface area contributed by atoms with Crippen LogP contribution in [0.15, 0.2) is 24.4 Å². The van der Waals surface area contributed by atoms with Gasteiger partial charge in [-0.3, -0.25) is 4.79 Å². The second-order valence-electron chi connectivity index (χ2n) is 5.66. The number of carbonyl (C=O) groups is 1. The van der Waals surface area contributed by atoms with E-state index in [9.17, 15) is 4.79 Å². The van der Waals surface area contributed by atoms with Gasteiger partial charge in [0.1, 0.15) is 0 Å². The van der Waals surface area contributed by atoms with Gasteiger partial charge in [-0.1, -0.05) is 31.5 Å². The second kappa shape index (κ2) is 4.97. The van der Waals surface area contributed by atoms with E-state index in [4.69, 9.17) is 23.2 Å². The smallest absolute Gasteiger partial charge is 0.251 e. The van der Waals surface area contributed by atoms with Crippen molar-refractivity contribution in [2.75, 3.05) is 6.54 Å². The fraction of sp³-hybridized carbons (Fsp3) is 0.267. The van der Waals surface area contributed by atoms with Gasteiger partial charge in [-0.05, 0) is 29.3 Å². The van der Waals surface area contributed by atoms with Crippen molar-refractivity contribution in [1.29, 1.82) is 0 Å². The molecule has 6 heteroatoms. The largest absolute Gasteiger partial charge is 0.351 e. The molecule has 0 aliphatic carbocycles. The molecule has 1 aliphatic heterocycles. The quantitative estimate of drug-likeness (QED) is 0.818. The van der Waals surface area contributed by atoms with Gasteiger partial charge >= 0.3 is 0 Å². The Morgan fingerprint density at radius 1 is 1.29 bits per heavy atom. The van der Waals surface area contributed by atoms with Crippen molar-refractivity contribution in [1.82, 2.24) is 15.3 Å². The van der Waals surface area contributed by atoms with Gasteiger partial charge in [-0.15, -0.1) is 0 Å². The number of aromatic nitrogens is 2. The molecule has 0 bridgehead atoms. The average Bonchev–Trinajstić information content (AvgIpc) is 2.46. The van der Waals surface area contributed by atoms with Crippen LogP contribution in [-0.2, 0) is 5.41 Å². The molecule has 1 aromatic carbocycles. The molecule has 1 aliphatic rings. The zero-order valence-electron chi connectivity index (χ0n) is 11.6. The average molecular weight is 322 g/mol. The molecule has 108 valence electrons. The summed E-state index contributed by atoms with van der Waals surface area (Å²) in [6, 6.07) is 5.58. The van der Waals surface area contributed by atoms with Crippen molar-refractivity contribution in [2.24, 2.45) is 0 Å². The number of hydrogen-bond acceptors (Lipinski definition) is 3. The predicted octanol–water partition coefficient (Wildman–Crippen LogP) is 3.47. The van der Waals surface area contributed by atoms with Gasteiger partial charge in [0.15, 0.2) is 0 Å². The number of nitrogens with one attached hydrogen (secondary N) is 1. The van der Waals surface area contributed by atoms with Gasteiger partial charge in [-0.2, -0.15) is 0 Å². The molecular weight excluding hydrogens is 309 g/mol. The van der Waals surface area contributed by atoms with E-state index in [0.29, 0.717) is 22.8 Å². The van der Waals surface area contributed by atoms with Gasteiger partial charge in [0, 0.05) is 23.1 Å². The molecule has 21 heavy (non-hydrogen) atoms. The third-order valence-electron chi connectivity index (χ3n) is 3.67. The molecule has 0 atom stereocenters.